The second kappa shape index (κ2) is 10.00. The molecule has 0 heterocycles. The first kappa shape index (κ1) is 23.8. The van der Waals surface area contributed by atoms with E-state index in [2.05, 4.69) is 13.2 Å². The molecular formula is C23H19F3O2S2. The first-order chi connectivity index (χ1) is 14.0. The zero-order valence-electron chi connectivity index (χ0n) is 16.4. The van der Waals surface area contributed by atoms with Gasteiger partial charge in [-0.2, -0.15) is 13.2 Å². The third-order valence-corrected chi connectivity index (χ3v) is 5.85. The highest BCUT2D eigenvalue weighted by Crippen LogP contribution is 2.36. The predicted molar refractivity (Wildman–Crippen MR) is 118 cm³/mol. The van der Waals surface area contributed by atoms with Gasteiger partial charge in [0, 0.05) is 9.79 Å². The first-order valence-electron chi connectivity index (χ1n) is 8.72. The highest BCUT2D eigenvalue weighted by molar-refractivity contribution is 8.14. The van der Waals surface area contributed by atoms with Gasteiger partial charge in [-0.1, -0.05) is 43.5 Å². The lowest BCUT2D eigenvalue weighted by Gasteiger charge is -2.12. The van der Waals surface area contributed by atoms with Crippen LogP contribution in [0.3, 0.4) is 0 Å². The van der Waals surface area contributed by atoms with Crippen molar-refractivity contribution in [2.45, 2.75) is 29.8 Å². The molecule has 2 aromatic carbocycles. The zero-order valence-corrected chi connectivity index (χ0v) is 18.0. The Morgan fingerprint density at radius 2 is 1.33 bits per heavy atom. The zero-order chi connectivity index (χ0) is 22.5. The van der Waals surface area contributed by atoms with Crippen molar-refractivity contribution in [2.75, 3.05) is 0 Å². The van der Waals surface area contributed by atoms with Crippen LogP contribution in [0.4, 0.5) is 13.2 Å². The van der Waals surface area contributed by atoms with Crippen LogP contribution < -0.4 is 0 Å². The summed E-state index contributed by atoms with van der Waals surface area (Å²) >= 11 is 1.76. The number of hydrogen-bond donors (Lipinski definition) is 0. The molecule has 156 valence electrons. The molecule has 0 aliphatic heterocycles. The number of rotatable bonds is 6. The van der Waals surface area contributed by atoms with Gasteiger partial charge in [-0.25, -0.2) is 0 Å². The van der Waals surface area contributed by atoms with Crippen LogP contribution in [0, 0.1) is 0 Å². The van der Waals surface area contributed by atoms with Gasteiger partial charge in [0.05, 0.1) is 5.56 Å². The molecule has 0 amide bonds. The van der Waals surface area contributed by atoms with Crippen LogP contribution in [0.5, 0.6) is 0 Å². The van der Waals surface area contributed by atoms with E-state index in [1.807, 2.05) is 0 Å². The van der Waals surface area contributed by atoms with E-state index < -0.39 is 11.7 Å². The molecule has 0 fully saturated rings. The summed E-state index contributed by atoms with van der Waals surface area (Å²) in [6.45, 7) is 10.2. The van der Waals surface area contributed by atoms with Gasteiger partial charge in [0.2, 0.25) is 10.2 Å². The number of alkyl halides is 3. The van der Waals surface area contributed by atoms with E-state index in [0.717, 1.165) is 22.7 Å². The van der Waals surface area contributed by atoms with E-state index in [0.29, 0.717) is 22.9 Å². The van der Waals surface area contributed by atoms with Crippen molar-refractivity contribution in [1.82, 2.24) is 0 Å². The Labute approximate surface area is 181 Å². The minimum Gasteiger partial charge on any atom is -0.282 e. The molecule has 0 saturated carbocycles. The smallest absolute Gasteiger partial charge is 0.282 e. The third kappa shape index (κ3) is 6.78. The summed E-state index contributed by atoms with van der Waals surface area (Å²) in [4.78, 5) is 24.4. The van der Waals surface area contributed by atoms with Crippen LogP contribution in [0.15, 0.2) is 76.6 Å². The third-order valence-electron chi connectivity index (χ3n) is 3.78. The Morgan fingerprint density at radius 3 is 1.83 bits per heavy atom. The largest absolute Gasteiger partial charge is 0.417 e. The molecule has 2 aromatic rings. The van der Waals surface area contributed by atoms with Crippen LogP contribution in [0.25, 0.3) is 12.2 Å². The number of hydrogen-bond acceptors (Lipinski definition) is 4. The first-order valence-corrected chi connectivity index (χ1v) is 10.4. The van der Waals surface area contributed by atoms with Crippen molar-refractivity contribution in [3.63, 3.8) is 0 Å². The standard InChI is InChI=1S/C23H19F3O2S2/c1-14(2)21(27)29-18-10-6-16(7-11-18)5-8-17-9-12-19(30-22(28)15(3)4)13-20(17)23(24,25)26/h5-13H,1,3H2,2,4H3/b8-5+. The van der Waals surface area contributed by atoms with Gasteiger partial charge in [0.1, 0.15) is 0 Å². The molecule has 0 unspecified atom stereocenters. The summed E-state index contributed by atoms with van der Waals surface area (Å²) in [7, 11) is 0. The molecule has 0 radical (unpaired) electrons. The molecule has 30 heavy (non-hydrogen) atoms. The van der Waals surface area contributed by atoms with Gasteiger partial charge in [0.15, 0.2) is 0 Å². The van der Waals surface area contributed by atoms with Gasteiger partial charge in [-0.3, -0.25) is 9.59 Å². The van der Waals surface area contributed by atoms with Crippen molar-refractivity contribution in [3.8, 4) is 0 Å². The van der Waals surface area contributed by atoms with Gasteiger partial charge in [-0.05, 0) is 83.9 Å². The Hall–Kier alpha value is -2.51. The molecule has 0 bridgehead atoms. The Kier molecular flexibility index (Phi) is 7.92. The molecular weight excluding hydrogens is 429 g/mol. The number of carbonyl (C=O) groups is 2. The van der Waals surface area contributed by atoms with E-state index in [9.17, 15) is 22.8 Å². The number of benzene rings is 2. The van der Waals surface area contributed by atoms with Gasteiger partial charge >= 0.3 is 6.18 Å². The number of carbonyl (C=O) groups excluding carboxylic acids is 2. The normalized spacial score (nSPS) is 11.5. The van der Waals surface area contributed by atoms with Gasteiger partial charge in [-0.15, -0.1) is 0 Å². The molecule has 7 heteroatoms. The molecule has 0 saturated heterocycles. The van der Waals surface area contributed by atoms with E-state index in [-0.39, 0.29) is 26.3 Å². The summed E-state index contributed by atoms with van der Waals surface area (Å²) < 4.78 is 40.5. The Balaban J connectivity index is 2.25. The maximum absolute atomic E-state index is 13.5. The van der Waals surface area contributed by atoms with Crippen LogP contribution in [0.2, 0.25) is 0 Å². The maximum atomic E-state index is 13.5. The molecule has 0 aromatic heterocycles. The second-order valence-corrected chi connectivity index (χ2v) is 8.58. The lowest BCUT2D eigenvalue weighted by molar-refractivity contribution is -0.137. The topological polar surface area (TPSA) is 34.1 Å². The van der Waals surface area contributed by atoms with Crippen molar-refractivity contribution in [2.24, 2.45) is 0 Å². The van der Waals surface area contributed by atoms with Crippen LogP contribution in [0.1, 0.15) is 30.5 Å². The SMILES string of the molecule is C=C(C)C(=O)Sc1ccc(/C=C/c2ccc(SC(=O)C(=C)C)cc2C(F)(F)F)cc1. The minimum absolute atomic E-state index is 0.00876. The average molecular weight is 449 g/mol. The molecule has 2 rings (SSSR count). The monoisotopic (exact) mass is 448 g/mol. The van der Waals surface area contributed by atoms with Crippen LogP contribution in [-0.4, -0.2) is 10.2 Å². The van der Waals surface area contributed by atoms with E-state index in [1.165, 1.54) is 25.1 Å². The Bertz CT molecular complexity index is 1020. The predicted octanol–water partition coefficient (Wildman–Crippen LogP) is 7.27. The van der Waals surface area contributed by atoms with E-state index in [4.69, 9.17) is 0 Å². The average Bonchev–Trinajstić information content (AvgIpc) is 2.67. The summed E-state index contributed by atoms with van der Waals surface area (Å²) in [6.07, 6.45) is -1.63. The highest BCUT2D eigenvalue weighted by Gasteiger charge is 2.33. The molecule has 0 spiro atoms. The van der Waals surface area contributed by atoms with Crippen molar-refractivity contribution in [1.29, 1.82) is 0 Å². The number of halogens is 3. The summed E-state index contributed by atoms with van der Waals surface area (Å²) in [5.74, 6) is 0. The maximum Gasteiger partial charge on any atom is 0.417 e. The van der Waals surface area contributed by atoms with Gasteiger partial charge in [0.25, 0.3) is 0 Å². The fourth-order valence-corrected chi connectivity index (χ4v) is 3.57. The Morgan fingerprint density at radius 1 is 0.833 bits per heavy atom. The van der Waals surface area contributed by atoms with Gasteiger partial charge < -0.3 is 0 Å². The highest BCUT2D eigenvalue weighted by atomic mass is 32.2. The molecule has 0 aliphatic carbocycles. The van der Waals surface area contributed by atoms with Crippen molar-refractivity contribution in [3.05, 3.63) is 83.5 Å². The van der Waals surface area contributed by atoms with E-state index >= 15 is 0 Å². The summed E-state index contributed by atoms with van der Waals surface area (Å²) in [5, 5.41) is -0.522. The fraction of sp³-hybridized carbons (Fsp3) is 0.130. The molecule has 0 aliphatic rings. The summed E-state index contributed by atoms with van der Waals surface area (Å²) in [6, 6.07) is 10.7. The van der Waals surface area contributed by atoms with E-state index in [1.54, 1.807) is 37.3 Å². The minimum atomic E-state index is -4.56. The summed E-state index contributed by atoms with van der Waals surface area (Å²) in [5.41, 5.74) is 0.563. The fourth-order valence-electron chi connectivity index (χ4n) is 2.21. The van der Waals surface area contributed by atoms with Crippen LogP contribution >= 0.6 is 23.5 Å². The molecule has 0 N–H and O–H groups in total. The molecule has 2 nitrogen and oxygen atoms in total. The van der Waals surface area contributed by atoms with Crippen molar-refractivity contribution >= 4 is 45.9 Å². The second-order valence-electron chi connectivity index (χ2n) is 6.49. The number of thioether (sulfide) groups is 2. The lowest BCUT2D eigenvalue weighted by atomic mass is 10.1. The van der Waals surface area contributed by atoms with Crippen LogP contribution in [-0.2, 0) is 15.8 Å². The quantitative estimate of drug-likeness (QED) is 0.264. The van der Waals surface area contributed by atoms with Crippen molar-refractivity contribution < 1.29 is 22.8 Å². The molecule has 0 atom stereocenters. The lowest BCUT2D eigenvalue weighted by Crippen LogP contribution is -2.07.